The Kier molecular flexibility index (Phi) is 6.48. The third kappa shape index (κ3) is 4.66. The molecule has 0 bridgehead atoms. The smallest absolute Gasteiger partial charge is 0.266 e. The molecule has 152 valence electrons. The molecule has 0 fully saturated rings. The molecule has 0 radical (unpaired) electrons. The molecule has 5 nitrogen and oxygen atoms in total. The molecule has 30 heavy (non-hydrogen) atoms. The monoisotopic (exact) mass is 399 g/mol. The molecule has 0 saturated heterocycles. The summed E-state index contributed by atoms with van der Waals surface area (Å²) in [7, 11) is 0. The van der Waals surface area contributed by atoms with Gasteiger partial charge in [-0.25, -0.2) is 0 Å². The number of carbonyl (C=O) groups excluding carboxylic acids is 1. The molecular formula is C25H25N3O2. The second-order valence-corrected chi connectivity index (χ2v) is 7.45. The van der Waals surface area contributed by atoms with Gasteiger partial charge in [0, 0.05) is 12.1 Å². The maximum atomic E-state index is 12.5. The molecule has 0 spiro atoms. The van der Waals surface area contributed by atoms with Gasteiger partial charge in [-0.1, -0.05) is 54.6 Å². The molecule has 3 rings (SSSR count). The third-order valence-corrected chi connectivity index (χ3v) is 5.42. The number of nitriles is 1. The van der Waals surface area contributed by atoms with Crippen molar-refractivity contribution in [2.75, 3.05) is 0 Å². The van der Waals surface area contributed by atoms with Gasteiger partial charge in [0.25, 0.3) is 5.56 Å². The predicted molar refractivity (Wildman–Crippen MR) is 118 cm³/mol. The topological polar surface area (TPSA) is 85.8 Å². The number of carbonyl (C=O) groups is 1. The molecule has 2 aromatic carbocycles. The van der Waals surface area contributed by atoms with E-state index in [0.29, 0.717) is 17.7 Å². The largest absolute Gasteiger partial charge is 0.350 e. The van der Waals surface area contributed by atoms with Crippen molar-refractivity contribution in [3.05, 3.63) is 92.9 Å². The van der Waals surface area contributed by atoms with Crippen molar-refractivity contribution < 1.29 is 4.79 Å². The Labute approximate surface area is 176 Å². The molecule has 0 saturated carbocycles. The minimum atomic E-state index is -0.381. The molecule has 1 atom stereocenters. The lowest BCUT2D eigenvalue weighted by molar-refractivity contribution is -0.121. The molecule has 0 aliphatic carbocycles. The second-order valence-electron chi connectivity index (χ2n) is 7.45. The van der Waals surface area contributed by atoms with Crippen molar-refractivity contribution in [1.29, 1.82) is 5.26 Å². The van der Waals surface area contributed by atoms with E-state index in [4.69, 9.17) is 0 Å². The molecule has 2 N–H and O–H groups in total. The second kappa shape index (κ2) is 9.23. The van der Waals surface area contributed by atoms with Crippen LogP contribution in [-0.2, 0) is 11.2 Å². The van der Waals surface area contributed by atoms with Crippen LogP contribution < -0.4 is 10.9 Å². The fraction of sp³-hybridized carbons (Fsp3) is 0.240. The average Bonchev–Trinajstić information content (AvgIpc) is 2.74. The van der Waals surface area contributed by atoms with Gasteiger partial charge in [-0.2, -0.15) is 5.26 Å². The number of nitrogens with zero attached hydrogens (tertiary/aromatic N) is 1. The highest BCUT2D eigenvalue weighted by atomic mass is 16.1. The number of nitrogens with one attached hydrogen (secondary N) is 2. The number of benzene rings is 2. The number of hydrogen-bond donors (Lipinski definition) is 2. The number of rotatable bonds is 6. The van der Waals surface area contributed by atoms with Crippen LogP contribution in [0.25, 0.3) is 11.1 Å². The average molecular weight is 399 g/mol. The molecule has 0 aliphatic rings. The molecule has 3 aromatic rings. The summed E-state index contributed by atoms with van der Waals surface area (Å²) in [6, 6.07) is 20.2. The summed E-state index contributed by atoms with van der Waals surface area (Å²) in [6.07, 6.45) is 0.750. The number of pyridine rings is 1. The Bertz CT molecular complexity index is 1140. The lowest BCUT2D eigenvalue weighted by Gasteiger charge is -2.16. The van der Waals surface area contributed by atoms with Crippen LogP contribution in [0.3, 0.4) is 0 Å². The molecule has 1 aromatic heterocycles. The predicted octanol–water partition coefficient (Wildman–Crippen LogP) is 4.34. The highest BCUT2D eigenvalue weighted by molar-refractivity contribution is 5.77. The van der Waals surface area contributed by atoms with E-state index >= 15 is 0 Å². The summed E-state index contributed by atoms with van der Waals surface area (Å²) in [6.45, 7) is 5.50. The third-order valence-electron chi connectivity index (χ3n) is 5.42. The van der Waals surface area contributed by atoms with Crippen LogP contribution in [0.1, 0.15) is 47.3 Å². The van der Waals surface area contributed by atoms with Gasteiger partial charge in [-0.3, -0.25) is 9.59 Å². The van der Waals surface area contributed by atoms with E-state index in [1.165, 1.54) is 0 Å². The van der Waals surface area contributed by atoms with Crippen molar-refractivity contribution in [3.8, 4) is 17.2 Å². The van der Waals surface area contributed by atoms with Crippen LogP contribution in [-0.4, -0.2) is 10.9 Å². The van der Waals surface area contributed by atoms with Crippen LogP contribution in [0.4, 0.5) is 0 Å². The molecule has 1 unspecified atom stereocenters. The summed E-state index contributed by atoms with van der Waals surface area (Å²) in [5, 5.41) is 12.2. The standard InChI is InChI=1S/C25H25N3O2/c1-16-22(18(3)28-25(30)23(16)15-26)13-14-24(29)27-17(2)19-9-11-21(12-10-19)20-7-5-4-6-8-20/h4-12,17H,13-14H2,1-3H3,(H,27,29)(H,28,30). The van der Waals surface area contributed by atoms with E-state index in [1.807, 2.05) is 43.3 Å². The number of H-pyrrole nitrogens is 1. The highest BCUT2D eigenvalue weighted by Crippen LogP contribution is 2.22. The minimum Gasteiger partial charge on any atom is -0.350 e. The van der Waals surface area contributed by atoms with Crippen molar-refractivity contribution in [2.45, 2.75) is 39.7 Å². The Balaban J connectivity index is 1.63. The fourth-order valence-electron chi connectivity index (χ4n) is 3.65. The summed E-state index contributed by atoms with van der Waals surface area (Å²) >= 11 is 0. The summed E-state index contributed by atoms with van der Waals surface area (Å²) < 4.78 is 0. The van der Waals surface area contributed by atoms with Gasteiger partial charge < -0.3 is 10.3 Å². The number of amides is 1. The first-order chi connectivity index (χ1) is 14.4. The van der Waals surface area contributed by atoms with E-state index < -0.39 is 0 Å². The van der Waals surface area contributed by atoms with Crippen molar-refractivity contribution >= 4 is 5.91 Å². The highest BCUT2D eigenvalue weighted by Gasteiger charge is 2.15. The lowest BCUT2D eigenvalue weighted by atomic mass is 9.98. The van der Waals surface area contributed by atoms with E-state index in [9.17, 15) is 14.9 Å². The van der Waals surface area contributed by atoms with Crippen LogP contribution >= 0.6 is 0 Å². The van der Waals surface area contributed by atoms with Gasteiger partial charge in [0.1, 0.15) is 11.6 Å². The van der Waals surface area contributed by atoms with E-state index in [0.717, 1.165) is 22.3 Å². The van der Waals surface area contributed by atoms with E-state index in [-0.39, 0.29) is 29.5 Å². The van der Waals surface area contributed by atoms with E-state index in [1.54, 1.807) is 13.8 Å². The quantitative estimate of drug-likeness (QED) is 0.646. The Morgan fingerprint density at radius 1 is 1.07 bits per heavy atom. The minimum absolute atomic E-state index is 0.0712. The summed E-state index contributed by atoms with van der Waals surface area (Å²) in [5.74, 6) is -0.0712. The van der Waals surface area contributed by atoms with Crippen LogP contribution in [0.5, 0.6) is 0 Å². The lowest BCUT2D eigenvalue weighted by Crippen LogP contribution is -2.27. The fourth-order valence-corrected chi connectivity index (χ4v) is 3.65. The van der Waals surface area contributed by atoms with Gasteiger partial charge in [-0.15, -0.1) is 0 Å². The molecule has 0 aliphatic heterocycles. The zero-order valence-corrected chi connectivity index (χ0v) is 17.5. The van der Waals surface area contributed by atoms with Crippen LogP contribution in [0.15, 0.2) is 59.4 Å². The Morgan fingerprint density at radius 2 is 1.70 bits per heavy atom. The zero-order chi connectivity index (χ0) is 21.7. The summed E-state index contributed by atoms with van der Waals surface area (Å²) in [5.41, 5.74) is 5.26. The summed E-state index contributed by atoms with van der Waals surface area (Å²) in [4.78, 5) is 27.0. The molecule has 1 heterocycles. The van der Waals surface area contributed by atoms with Gasteiger partial charge >= 0.3 is 0 Å². The molecule has 5 heteroatoms. The first kappa shape index (κ1) is 21.1. The zero-order valence-electron chi connectivity index (χ0n) is 17.5. The van der Waals surface area contributed by atoms with Crippen molar-refractivity contribution in [1.82, 2.24) is 10.3 Å². The van der Waals surface area contributed by atoms with Crippen LogP contribution in [0, 0.1) is 25.2 Å². The number of aromatic nitrogens is 1. The van der Waals surface area contributed by atoms with Crippen molar-refractivity contribution in [3.63, 3.8) is 0 Å². The Hall–Kier alpha value is -3.65. The van der Waals surface area contributed by atoms with Gasteiger partial charge in [0.05, 0.1) is 6.04 Å². The van der Waals surface area contributed by atoms with Gasteiger partial charge in [0.15, 0.2) is 0 Å². The van der Waals surface area contributed by atoms with Crippen LogP contribution in [0.2, 0.25) is 0 Å². The number of aryl methyl sites for hydroxylation is 1. The normalized spacial score (nSPS) is 11.5. The number of hydrogen-bond acceptors (Lipinski definition) is 3. The van der Waals surface area contributed by atoms with Gasteiger partial charge in [0.2, 0.25) is 5.91 Å². The maximum Gasteiger partial charge on any atom is 0.266 e. The van der Waals surface area contributed by atoms with Gasteiger partial charge in [-0.05, 0) is 55.0 Å². The molecule has 1 amide bonds. The maximum absolute atomic E-state index is 12.5. The first-order valence-electron chi connectivity index (χ1n) is 9.98. The molecular weight excluding hydrogens is 374 g/mol. The van der Waals surface area contributed by atoms with E-state index in [2.05, 4.69) is 34.6 Å². The first-order valence-corrected chi connectivity index (χ1v) is 9.98. The number of aromatic amines is 1. The SMILES string of the molecule is Cc1[nH]c(=O)c(C#N)c(C)c1CCC(=O)NC(C)c1ccc(-c2ccccc2)cc1. The van der Waals surface area contributed by atoms with Crippen molar-refractivity contribution in [2.24, 2.45) is 0 Å². The Morgan fingerprint density at radius 3 is 2.33 bits per heavy atom.